The number of fused-ring (bicyclic) bond motifs is 2. The molecular formula is C21H13Cl2F3N6O2S. The van der Waals surface area contributed by atoms with Crippen LogP contribution in [-0.4, -0.2) is 43.1 Å². The maximum Gasteiger partial charge on any atom is 0.434 e. The van der Waals surface area contributed by atoms with Crippen LogP contribution in [0.3, 0.4) is 0 Å². The van der Waals surface area contributed by atoms with Crippen LogP contribution in [-0.2, 0) is 16.0 Å². The van der Waals surface area contributed by atoms with E-state index < -0.39 is 21.7 Å². The molecule has 0 N–H and O–H groups in total. The number of hydrogen-bond donors (Lipinski definition) is 0. The maximum atomic E-state index is 13.1. The van der Waals surface area contributed by atoms with Gasteiger partial charge in [0.05, 0.1) is 23.2 Å². The molecule has 0 atom stereocenters. The van der Waals surface area contributed by atoms with Crippen LogP contribution in [0.2, 0.25) is 10.0 Å². The first kappa shape index (κ1) is 23.5. The van der Waals surface area contributed by atoms with Gasteiger partial charge in [-0.25, -0.2) is 27.9 Å². The molecule has 35 heavy (non-hydrogen) atoms. The van der Waals surface area contributed by atoms with Crippen LogP contribution in [0.15, 0.2) is 54.2 Å². The van der Waals surface area contributed by atoms with Gasteiger partial charge in [-0.3, -0.25) is 0 Å². The topological polar surface area (TPSA) is 94.5 Å². The van der Waals surface area contributed by atoms with E-state index in [1.807, 2.05) is 0 Å². The Labute approximate surface area is 205 Å². The smallest absolute Gasteiger partial charge is 0.303 e. The van der Waals surface area contributed by atoms with Crippen LogP contribution in [0.5, 0.6) is 0 Å². The Morgan fingerprint density at radius 1 is 0.971 bits per heavy atom. The number of benzene rings is 1. The van der Waals surface area contributed by atoms with Gasteiger partial charge in [-0.2, -0.15) is 18.3 Å². The lowest BCUT2D eigenvalue weighted by Crippen LogP contribution is -2.08. The lowest BCUT2D eigenvalue weighted by Gasteiger charge is -2.04. The Bertz CT molecular complexity index is 1710. The summed E-state index contributed by atoms with van der Waals surface area (Å²) in [5.74, 6) is -0.256. The first-order chi connectivity index (χ1) is 16.5. The minimum atomic E-state index is -4.65. The molecule has 0 aliphatic heterocycles. The van der Waals surface area contributed by atoms with Crippen LogP contribution in [0.25, 0.3) is 33.7 Å². The van der Waals surface area contributed by atoms with E-state index in [0.29, 0.717) is 21.2 Å². The molecule has 0 unspecified atom stereocenters. The SMILES string of the molecule is CCS(=O)(=O)c1nn2cc(-c3cc(Cl)cc(Cl)c3)cnc2c1-c1cn2cc(C(F)(F)F)ncc2n1. The maximum absolute atomic E-state index is 13.1. The number of rotatable bonds is 4. The van der Waals surface area contributed by atoms with Crippen LogP contribution >= 0.6 is 23.2 Å². The van der Waals surface area contributed by atoms with Crippen molar-refractivity contribution >= 4 is 44.3 Å². The van der Waals surface area contributed by atoms with Gasteiger partial charge in [-0.05, 0) is 23.8 Å². The van der Waals surface area contributed by atoms with Crippen molar-refractivity contribution in [2.24, 2.45) is 0 Å². The van der Waals surface area contributed by atoms with Gasteiger partial charge in [0, 0.05) is 40.4 Å². The summed E-state index contributed by atoms with van der Waals surface area (Å²) >= 11 is 12.2. The van der Waals surface area contributed by atoms with Gasteiger partial charge in [0.1, 0.15) is 0 Å². The quantitative estimate of drug-likeness (QED) is 0.310. The minimum Gasteiger partial charge on any atom is -0.303 e. The summed E-state index contributed by atoms with van der Waals surface area (Å²) in [6.07, 6.45) is 1.41. The lowest BCUT2D eigenvalue weighted by molar-refractivity contribution is -0.141. The number of hydrogen-bond acceptors (Lipinski definition) is 6. The monoisotopic (exact) mass is 540 g/mol. The molecule has 4 aromatic heterocycles. The van der Waals surface area contributed by atoms with Crippen molar-refractivity contribution in [2.45, 2.75) is 18.1 Å². The van der Waals surface area contributed by atoms with Crippen molar-refractivity contribution in [3.05, 3.63) is 64.9 Å². The van der Waals surface area contributed by atoms with Crippen LogP contribution in [0.4, 0.5) is 13.2 Å². The third kappa shape index (κ3) is 4.21. The van der Waals surface area contributed by atoms with Gasteiger partial charge >= 0.3 is 6.18 Å². The minimum absolute atomic E-state index is 0.0692. The molecule has 14 heteroatoms. The van der Waals surface area contributed by atoms with Crippen molar-refractivity contribution in [1.29, 1.82) is 0 Å². The zero-order chi connectivity index (χ0) is 25.1. The van der Waals surface area contributed by atoms with E-state index >= 15 is 0 Å². The number of aromatic nitrogens is 6. The molecule has 0 saturated carbocycles. The van der Waals surface area contributed by atoms with Gasteiger partial charge in [0.2, 0.25) is 0 Å². The van der Waals surface area contributed by atoms with Crippen molar-refractivity contribution in [3.63, 3.8) is 0 Å². The Hall–Kier alpha value is -3.22. The molecule has 8 nitrogen and oxygen atoms in total. The predicted molar refractivity (Wildman–Crippen MR) is 123 cm³/mol. The molecule has 0 aliphatic carbocycles. The van der Waals surface area contributed by atoms with Gasteiger partial charge in [0.15, 0.2) is 31.9 Å². The van der Waals surface area contributed by atoms with Gasteiger partial charge in [0.25, 0.3) is 0 Å². The highest BCUT2D eigenvalue weighted by Crippen LogP contribution is 2.34. The Balaban J connectivity index is 1.74. The first-order valence-electron chi connectivity index (χ1n) is 9.96. The number of alkyl halides is 3. The molecule has 0 saturated heterocycles. The highest BCUT2D eigenvalue weighted by molar-refractivity contribution is 7.91. The lowest BCUT2D eigenvalue weighted by atomic mass is 10.1. The number of imidazole rings is 1. The second kappa shape index (κ2) is 8.18. The zero-order valence-corrected chi connectivity index (χ0v) is 20.0. The summed E-state index contributed by atoms with van der Waals surface area (Å²) in [5, 5.41) is 4.76. The molecule has 5 rings (SSSR count). The number of sulfone groups is 1. The fourth-order valence-electron chi connectivity index (χ4n) is 3.53. The third-order valence-corrected chi connectivity index (χ3v) is 7.27. The standard InChI is InChI=1S/C21H13Cl2F3N6O2S/c1-2-35(33,34)20-18(15-9-31-10-16(21(24,25)26)27-7-17(31)29-15)19-28-6-12(8-32(19)30-20)11-3-13(22)5-14(23)4-11/h3-10H,2H2,1H3. The largest absolute Gasteiger partial charge is 0.434 e. The second-order valence-corrected chi connectivity index (χ2v) is 10.6. The highest BCUT2D eigenvalue weighted by atomic mass is 35.5. The summed E-state index contributed by atoms with van der Waals surface area (Å²) in [7, 11) is -3.86. The second-order valence-electron chi connectivity index (χ2n) is 7.51. The summed E-state index contributed by atoms with van der Waals surface area (Å²) < 4.78 is 67.4. The fourth-order valence-corrected chi connectivity index (χ4v) is 5.05. The average molecular weight is 541 g/mol. The van der Waals surface area contributed by atoms with Crippen LogP contribution in [0, 0.1) is 0 Å². The van der Waals surface area contributed by atoms with Crippen LogP contribution < -0.4 is 0 Å². The van der Waals surface area contributed by atoms with E-state index in [1.54, 1.807) is 24.4 Å². The molecule has 0 bridgehead atoms. The molecule has 1 aromatic carbocycles. The van der Waals surface area contributed by atoms with Crippen molar-refractivity contribution < 1.29 is 21.6 Å². The Morgan fingerprint density at radius 3 is 2.34 bits per heavy atom. The highest BCUT2D eigenvalue weighted by Gasteiger charge is 2.33. The molecule has 0 amide bonds. The first-order valence-corrected chi connectivity index (χ1v) is 12.4. The van der Waals surface area contributed by atoms with Gasteiger partial charge in [-0.1, -0.05) is 30.1 Å². The molecule has 5 aromatic rings. The Kier molecular flexibility index (Phi) is 5.49. The van der Waals surface area contributed by atoms with E-state index in [0.717, 1.165) is 16.8 Å². The van der Waals surface area contributed by atoms with E-state index in [2.05, 4.69) is 20.1 Å². The summed E-state index contributed by atoms with van der Waals surface area (Å²) in [5.41, 5.74) is 0.480. The molecule has 0 spiro atoms. The molecule has 4 heterocycles. The van der Waals surface area contributed by atoms with E-state index in [4.69, 9.17) is 23.2 Å². The third-order valence-electron chi connectivity index (χ3n) is 5.20. The van der Waals surface area contributed by atoms with Crippen molar-refractivity contribution in [3.8, 4) is 22.4 Å². The normalized spacial score (nSPS) is 12.6. The number of nitrogens with zero attached hydrogens (tertiary/aromatic N) is 6. The zero-order valence-electron chi connectivity index (χ0n) is 17.6. The van der Waals surface area contributed by atoms with Crippen molar-refractivity contribution in [2.75, 3.05) is 5.75 Å². The van der Waals surface area contributed by atoms with E-state index in [9.17, 15) is 21.6 Å². The van der Waals surface area contributed by atoms with E-state index in [-0.39, 0.29) is 33.3 Å². The molecule has 180 valence electrons. The summed E-state index contributed by atoms with van der Waals surface area (Å²) in [6, 6.07) is 4.90. The van der Waals surface area contributed by atoms with E-state index in [1.165, 1.54) is 23.8 Å². The predicted octanol–water partition coefficient (Wildman–Crippen LogP) is 5.23. The van der Waals surface area contributed by atoms with Crippen molar-refractivity contribution in [1.82, 2.24) is 29.0 Å². The average Bonchev–Trinajstić information content (AvgIpc) is 3.38. The molecular weight excluding hydrogens is 528 g/mol. The molecule has 0 fully saturated rings. The Morgan fingerprint density at radius 2 is 1.69 bits per heavy atom. The van der Waals surface area contributed by atoms with Gasteiger partial charge < -0.3 is 4.40 Å². The summed E-state index contributed by atoms with van der Waals surface area (Å²) in [4.78, 5) is 12.1. The fraction of sp³-hybridized carbons (Fsp3) is 0.143. The van der Waals surface area contributed by atoms with Crippen LogP contribution in [0.1, 0.15) is 12.6 Å². The molecule has 0 aliphatic rings. The summed E-state index contributed by atoms with van der Waals surface area (Å²) in [6.45, 7) is 1.46. The number of halogens is 5. The molecule has 0 radical (unpaired) electrons. The van der Waals surface area contributed by atoms with Gasteiger partial charge in [-0.15, -0.1) is 0 Å².